The number of thioether (sulfide) groups is 1. The third-order valence-corrected chi connectivity index (χ3v) is 4.55. The van der Waals surface area contributed by atoms with Gasteiger partial charge in [-0.2, -0.15) is 0 Å². The number of aryl methyl sites for hydroxylation is 2. The number of nitro groups is 1. The Hall–Kier alpha value is -2.48. The van der Waals surface area contributed by atoms with Crippen LogP contribution in [0.1, 0.15) is 23.9 Å². The second-order valence-corrected chi connectivity index (χ2v) is 6.67. The van der Waals surface area contributed by atoms with E-state index in [-0.39, 0.29) is 11.6 Å². The van der Waals surface area contributed by atoms with Crippen molar-refractivity contribution in [3.05, 3.63) is 51.3 Å². The van der Waals surface area contributed by atoms with Gasteiger partial charge in [-0.1, -0.05) is 17.8 Å². The van der Waals surface area contributed by atoms with E-state index in [2.05, 4.69) is 15.3 Å². The number of carbonyl (C=O) groups is 1. The summed E-state index contributed by atoms with van der Waals surface area (Å²) in [5.74, 6) is -0.264. The quantitative estimate of drug-likeness (QED) is 0.385. The molecule has 0 saturated heterocycles. The zero-order chi connectivity index (χ0) is 17.9. The fourth-order valence-corrected chi connectivity index (χ4v) is 2.81. The second-order valence-electron chi connectivity index (χ2n) is 5.36. The molecular formula is C16H18N4O3S. The number of benzene rings is 1. The van der Waals surface area contributed by atoms with Gasteiger partial charge in [0, 0.05) is 29.2 Å². The van der Waals surface area contributed by atoms with E-state index < -0.39 is 10.2 Å². The van der Waals surface area contributed by atoms with Crippen LogP contribution in [0.2, 0.25) is 0 Å². The molecule has 0 bridgehead atoms. The fraction of sp³-hybridized carbons (Fsp3) is 0.312. The van der Waals surface area contributed by atoms with Gasteiger partial charge >= 0.3 is 0 Å². The Bertz CT molecular complexity index is 772. The molecule has 1 atom stereocenters. The minimum atomic E-state index is -0.500. The molecule has 0 aliphatic rings. The van der Waals surface area contributed by atoms with Gasteiger partial charge in [-0.05, 0) is 39.3 Å². The number of carbonyl (C=O) groups excluding carboxylic acids is 1. The van der Waals surface area contributed by atoms with Crippen LogP contribution in [0.3, 0.4) is 0 Å². The highest BCUT2D eigenvalue weighted by Crippen LogP contribution is 2.23. The Morgan fingerprint density at radius 2 is 1.88 bits per heavy atom. The predicted octanol–water partition coefficient (Wildman–Crippen LogP) is 3.43. The summed E-state index contributed by atoms with van der Waals surface area (Å²) in [7, 11) is 0. The molecule has 0 unspecified atom stereocenters. The summed E-state index contributed by atoms with van der Waals surface area (Å²) < 4.78 is 0. The summed E-state index contributed by atoms with van der Waals surface area (Å²) in [4.78, 5) is 31.3. The molecule has 0 fully saturated rings. The van der Waals surface area contributed by atoms with Crippen molar-refractivity contribution in [3.8, 4) is 0 Å². The number of non-ortho nitro benzene ring substituents is 1. The number of hydrogen-bond donors (Lipinski definition) is 1. The molecule has 0 aliphatic heterocycles. The Labute approximate surface area is 144 Å². The van der Waals surface area contributed by atoms with Crippen LogP contribution in [-0.4, -0.2) is 26.0 Å². The minimum absolute atomic E-state index is 0.0683. The zero-order valence-corrected chi connectivity index (χ0v) is 14.7. The Kier molecular flexibility index (Phi) is 5.50. The molecule has 126 valence electrons. The van der Waals surface area contributed by atoms with Crippen LogP contribution in [0.5, 0.6) is 0 Å². The molecule has 2 aromatic rings. The molecule has 1 N–H and O–H groups in total. The molecule has 0 saturated carbocycles. The van der Waals surface area contributed by atoms with E-state index in [1.807, 2.05) is 20.8 Å². The van der Waals surface area contributed by atoms with Crippen LogP contribution >= 0.6 is 11.8 Å². The highest BCUT2D eigenvalue weighted by molar-refractivity contribution is 8.00. The largest absolute Gasteiger partial charge is 0.325 e. The maximum Gasteiger partial charge on any atom is 0.271 e. The van der Waals surface area contributed by atoms with Gasteiger partial charge in [0.25, 0.3) is 5.69 Å². The molecule has 0 aliphatic carbocycles. The molecule has 8 heteroatoms. The van der Waals surface area contributed by atoms with E-state index in [9.17, 15) is 14.9 Å². The monoisotopic (exact) mass is 346 g/mol. The number of nitrogens with one attached hydrogen (secondary N) is 1. The van der Waals surface area contributed by atoms with Crippen molar-refractivity contribution in [2.24, 2.45) is 0 Å². The number of rotatable bonds is 5. The van der Waals surface area contributed by atoms with Crippen LogP contribution < -0.4 is 5.32 Å². The molecule has 0 spiro atoms. The highest BCUT2D eigenvalue weighted by atomic mass is 32.2. The van der Waals surface area contributed by atoms with Gasteiger partial charge in [0.15, 0.2) is 5.16 Å². The van der Waals surface area contributed by atoms with E-state index in [4.69, 9.17) is 0 Å². The van der Waals surface area contributed by atoms with Crippen molar-refractivity contribution >= 4 is 29.0 Å². The molecular weight excluding hydrogens is 328 g/mol. The first kappa shape index (κ1) is 17.9. The van der Waals surface area contributed by atoms with Crippen LogP contribution in [0, 0.1) is 30.9 Å². The number of amides is 1. The van der Waals surface area contributed by atoms with Gasteiger partial charge in [-0.15, -0.1) is 0 Å². The number of aromatic nitrogens is 2. The summed E-state index contributed by atoms with van der Waals surface area (Å²) in [5.41, 5.74) is 3.13. The third kappa shape index (κ3) is 4.29. The molecule has 7 nitrogen and oxygen atoms in total. The van der Waals surface area contributed by atoms with Crippen molar-refractivity contribution < 1.29 is 9.72 Å². The molecule has 0 radical (unpaired) electrons. The lowest BCUT2D eigenvalue weighted by Crippen LogP contribution is -2.22. The maximum absolute atomic E-state index is 12.3. The number of nitro benzene ring substituents is 1. The van der Waals surface area contributed by atoms with E-state index in [0.29, 0.717) is 10.8 Å². The number of nitrogens with zero attached hydrogens (tertiary/aromatic N) is 3. The van der Waals surface area contributed by atoms with Crippen molar-refractivity contribution in [2.75, 3.05) is 5.32 Å². The van der Waals surface area contributed by atoms with E-state index in [1.54, 1.807) is 13.0 Å². The Morgan fingerprint density at radius 3 is 2.46 bits per heavy atom. The number of anilines is 1. The Balaban J connectivity index is 2.07. The van der Waals surface area contributed by atoms with Crippen LogP contribution in [0.4, 0.5) is 11.4 Å². The summed E-state index contributed by atoms with van der Waals surface area (Å²) in [6, 6.07) is 5.84. The smallest absolute Gasteiger partial charge is 0.271 e. The molecule has 24 heavy (non-hydrogen) atoms. The lowest BCUT2D eigenvalue weighted by molar-refractivity contribution is -0.384. The SMILES string of the molecule is Cc1nc(S[C@@H](C)C(=O)Nc2cccc([N+](=O)[O-])c2)nc(C)c1C. The van der Waals surface area contributed by atoms with Crippen molar-refractivity contribution in [1.82, 2.24) is 9.97 Å². The van der Waals surface area contributed by atoms with Crippen molar-refractivity contribution in [3.63, 3.8) is 0 Å². The van der Waals surface area contributed by atoms with Crippen molar-refractivity contribution in [2.45, 2.75) is 38.1 Å². The minimum Gasteiger partial charge on any atom is -0.325 e. The standard InChI is InChI=1S/C16H18N4O3S/c1-9-10(2)17-16(18-11(9)3)24-12(4)15(21)19-13-6-5-7-14(8-13)20(22)23/h5-8,12H,1-4H3,(H,19,21)/t12-/m0/s1. The first-order valence-electron chi connectivity index (χ1n) is 7.31. The first-order chi connectivity index (χ1) is 11.3. The van der Waals surface area contributed by atoms with Gasteiger partial charge in [0.1, 0.15) is 0 Å². The summed E-state index contributed by atoms with van der Waals surface area (Å²) in [6.45, 7) is 7.51. The topological polar surface area (TPSA) is 98.0 Å². The van der Waals surface area contributed by atoms with Gasteiger partial charge in [0.2, 0.25) is 5.91 Å². The molecule has 1 aromatic heterocycles. The molecule has 2 rings (SSSR count). The lowest BCUT2D eigenvalue weighted by atomic mass is 10.2. The van der Waals surface area contributed by atoms with Crippen LogP contribution in [0.25, 0.3) is 0 Å². The number of hydrogen-bond acceptors (Lipinski definition) is 6. The lowest BCUT2D eigenvalue weighted by Gasteiger charge is -2.12. The first-order valence-corrected chi connectivity index (χ1v) is 8.19. The van der Waals surface area contributed by atoms with Crippen LogP contribution in [0.15, 0.2) is 29.4 Å². The summed E-state index contributed by atoms with van der Waals surface area (Å²) >= 11 is 1.25. The molecule has 1 amide bonds. The van der Waals surface area contributed by atoms with Gasteiger partial charge in [0.05, 0.1) is 10.2 Å². The van der Waals surface area contributed by atoms with Gasteiger partial charge in [-0.3, -0.25) is 14.9 Å². The molecule has 1 aromatic carbocycles. The van der Waals surface area contributed by atoms with Gasteiger partial charge < -0.3 is 5.32 Å². The zero-order valence-electron chi connectivity index (χ0n) is 13.9. The third-order valence-electron chi connectivity index (χ3n) is 3.59. The van der Waals surface area contributed by atoms with Crippen molar-refractivity contribution in [1.29, 1.82) is 0 Å². The Morgan fingerprint density at radius 1 is 1.25 bits per heavy atom. The average molecular weight is 346 g/mol. The predicted molar refractivity (Wildman–Crippen MR) is 93.3 cm³/mol. The van der Waals surface area contributed by atoms with E-state index >= 15 is 0 Å². The van der Waals surface area contributed by atoms with Gasteiger partial charge in [-0.25, -0.2) is 9.97 Å². The average Bonchev–Trinajstić information content (AvgIpc) is 2.52. The second kappa shape index (κ2) is 7.39. The molecule has 1 heterocycles. The highest BCUT2D eigenvalue weighted by Gasteiger charge is 2.18. The van der Waals surface area contributed by atoms with E-state index in [1.165, 1.54) is 30.0 Å². The summed E-state index contributed by atoms with van der Waals surface area (Å²) in [5, 5.41) is 13.6. The van der Waals surface area contributed by atoms with Crippen LogP contribution in [-0.2, 0) is 4.79 Å². The van der Waals surface area contributed by atoms with E-state index in [0.717, 1.165) is 17.0 Å². The fourth-order valence-electron chi connectivity index (χ4n) is 1.95. The maximum atomic E-state index is 12.3. The normalized spacial score (nSPS) is 11.8. The summed E-state index contributed by atoms with van der Waals surface area (Å²) in [6.07, 6.45) is 0.